The summed E-state index contributed by atoms with van der Waals surface area (Å²) in [6, 6.07) is 6.41. The molecule has 3 heterocycles. The minimum Gasteiger partial charge on any atom is -0.378 e. The maximum absolute atomic E-state index is 12.2. The van der Waals surface area contributed by atoms with E-state index in [4.69, 9.17) is 9.72 Å². The lowest BCUT2D eigenvalue weighted by Crippen LogP contribution is -2.36. The normalized spacial score (nSPS) is 15.0. The Morgan fingerprint density at radius 3 is 2.84 bits per heavy atom. The number of thiazole rings is 1. The number of rotatable bonds is 3. The van der Waals surface area contributed by atoms with Gasteiger partial charge in [-0.05, 0) is 25.0 Å². The average molecular weight is 356 g/mol. The molecule has 2 aromatic heterocycles. The minimum absolute atomic E-state index is 0.204. The molecule has 0 bridgehead atoms. The van der Waals surface area contributed by atoms with Crippen LogP contribution in [0.2, 0.25) is 0 Å². The van der Waals surface area contributed by atoms with Crippen LogP contribution in [0.4, 0.5) is 5.13 Å². The summed E-state index contributed by atoms with van der Waals surface area (Å²) in [6.45, 7) is 7.84. The Hall–Kier alpha value is -2.25. The van der Waals surface area contributed by atoms with Crippen LogP contribution in [0.3, 0.4) is 0 Å². The van der Waals surface area contributed by atoms with Crippen molar-refractivity contribution in [3.05, 3.63) is 51.6 Å². The highest BCUT2D eigenvalue weighted by Gasteiger charge is 2.18. The lowest BCUT2D eigenvalue weighted by atomic mass is 10.1. The first-order valence-electron chi connectivity index (χ1n) is 8.36. The number of benzene rings is 1. The van der Waals surface area contributed by atoms with Crippen molar-refractivity contribution >= 4 is 26.8 Å². The van der Waals surface area contributed by atoms with E-state index in [1.165, 1.54) is 28.0 Å². The van der Waals surface area contributed by atoms with Gasteiger partial charge in [0.05, 0.1) is 19.8 Å². The smallest absolute Gasteiger partial charge is 0.292 e. The van der Waals surface area contributed by atoms with Gasteiger partial charge in [-0.15, -0.1) is 0 Å². The topological polar surface area (TPSA) is 60.2 Å². The van der Waals surface area contributed by atoms with E-state index in [1.54, 1.807) is 6.33 Å². The summed E-state index contributed by atoms with van der Waals surface area (Å²) in [5.74, 6) is 0. The first-order valence-corrected chi connectivity index (χ1v) is 9.18. The van der Waals surface area contributed by atoms with E-state index in [0.29, 0.717) is 30.1 Å². The molecule has 130 valence electrons. The van der Waals surface area contributed by atoms with Gasteiger partial charge in [0, 0.05) is 13.1 Å². The van der Waals surface area contributed by atoms with Gasteiger partial charge < -0.3 is 14.2 Å². The van der Waals surface area contributed by atoms with Crippen molar-refractivity contribution in [1.29, 1.82) is 0 Å². The number of morpholine rings is 1. The highest BCUT2D eigenvalue weighted by Crippen LogP contribution is 2.27. The summed E-state index contributed by atoms with van der Waals surface area (Å²) in [7, 11) is 0. The van der Waals surface area contributed by atoms with E-state index < -0.39 is 0 Å². The molecule has 4 rings (SSSR count). The molecule has 1 aliphatic rings. The lowest BCUT2D eigenvalue weighted by Gasteiger charge is -2.25. The third kappa shape index (κ3) is 3.17. The molecule has 6 nitrogen and oxygen atoms in total. The number of ether oxygens (including phenoxy) is 1. The molecule has 7 heteroatoms. The number of fused-ring (bicyclic) bond motifs is 1. The molecule has 0 unspecified atom stereocenters. The largest absolute Gasteiger partial charge is 0.378 e. The van der Waals surface area contributed by atoms with Crippen LogP contribution in [0.15, 0.2) is 29.3 Å². The van der Waals surface area contributed by atoms with Gasteiger partial charge in [-0.1, -0.05) is 35.1 Å². The number of hydrogen-bond acceptors (Lipinski definition) is 6. The Labute approximate surface area is 149 Å². The van der Waals surface area contributed by atoms with Crippen LogP contribution >= 0.6 is 11.3 Å². The van der Waals surface area contributed by atoms with Crippen molar-refractivity contribution < 1.29 is 4.74 Å². The van der Waals surface area contributed by atoms with Gasteiger partial charge in [0.25, 0.3) is 5.56 Å². The van der Waals surface area contributed by atoms with Gasteiger partial charge in [-0.25, -0.2) is 4.98 Å². The van der Waals surface area contributed by atoms with Gasteiger partial charge in [-0.3, -0.25) is 4.79 Å². The zero-order valence-corrected chi connectivity index (χ0v) is 15.2. The summed E-state index contributed by atoms with van der Waals surface area (Å²) in [5.41, 5.74) is 4.17. The molecule has 0 N–H and O–H groups in total. The SMILES string of the molecule is Cc1ccc(C)c(Cn2cnc(=O)c3sc(N4CCOCC4)nc32)c1. The highest BCUT2D eigenvalue weighted by molar-refractivity contribution is 7.22. The summed E-state index contributed by atoms with van der Waals surface area (Å²) in [5, 5.41) is 0.873. The fraction of sp³-hybridized carbons (Fsp3) is 0.389. The van der Waals surface area contributed by atoms with Crippen LogP contribution in [-0.4, -0.2) is 40.8 Å². The van der Waals surface area contributed by atoms with Crippen molar-refractivity contribution in [3.8, 4) is 0 Å². The van der Waals surface area contributed by atoms with Gasteiger partial charge in [-0.2, -0.15) is 4.98 Å². The molecule has 25 heavy (non-hydrogen) atoms. The maximum atomic E-state index is 12.2. The molecule has 1 saturated heterocycles. The molecule has 0 radical (unpaired) electrons. The first-order chi connectivity index (χ1) is 12.1. The summed E-state index contributed by atoms with van der Waals surface area (Å²) >= 11 is 1.43. The van der Waals surface area contributed by atoms with Gasteiger partial charge >= 0.3 is 0 Å². The second-order valence-electron chi connectivity index (χ2n) is 6.36. The van der Waals surface area contributed by atoms with E-state index in [2.05, 4.69) is 41.9 Å². The second-order valence-corrected chi connectivity index (χ2v) is 7.33. The van der Waals surface area contributed by atoms with Crippen LogP contribution in [0, 0.1) is 13.8 Å². The van der Waals surface area contributed by atoms with Gasteiger partial charge in [0.1, 0.15) is 11.0 Å². The Morgan fingerprint density at radius 1 is 1.24 bits per heavy atom. The van der Waals surface area contributed by atoms with Crippen molar-refractivity contribution in [3.63, 3.8) is 0 Å². The van der Waals surface area contributed by atoms with Crippen molar-refractivity contribution in [2.45, 2.75) is 20.4 Å². The number of nitrogens with zero attached hydrogens (tertiary/aromatic N) is 4. The molecular weight excluding hydrogens is 336 g/mol. The Morgan fingerprint density at radius 2 is 2.04 bits per heavy atom. The Kier molecular flexibility index (Phi) is 4.27. The van der Waals surface area contributed by atoms with Crippen LogP contribution in [0.5, 0.6) is 0 Å². The van der Waals surface area contributed by atoms with Crippen LogP contribution in [0.25, 0.3) is 10.3 Å². The van der Waals surface area contributed by atoms with E-state index in [1.807, 2.05) is 4.57 Å². The number of aromatic nitrogens is 3. The zero-order chi connectivity index (χ0) is 17.4. The number of aryl methyl sites for hydroxylation is 2. The summed E-state index contributed by atoms with van der Waals surface area (Å²) in [4.78, 5) is 23.2. The van der Waals surface area contributed by atoms with Crippen LogP contribution in [0.1, 0.15) is 16.7 Å². The van der Waals surface area contributed by atoms with Gasteiger partial charge in [0.2, 0.25) is 0 Å². The average Bonchev–Trinajstić information content (AvgIpc) is 3.08. The number of anilines is 1. The van der Waals surface area contributed by atoms with E-state index >= 15 is 0 Å². The molecule has 0 amide bonds. The molecule has 1 aromatic carbocycles. The summed E-state index contributed by atoms with van der Waals surface area (Å²) < 4.78 is 7.99. The molecule has 0 atom stereocenters. The minimum atomic E-state index is -0.204. The van der Waals surface area contributed by atoms with Crippen LogP contribution in [-0.2, 0) is 11.3 Å². The molecule has 0 saturated carbocycles. The third-order valence-corrected chi connectivity index (χ3v) is 5.60. The molecule has 1 aliphatic heterocycles. The fourth-order valence-corrected chi connectivity index (χ4v) is 4.05. The monoisotopic (exact) mass is 356 g/mol. The fourth-order valence-electron chi connectivity index (χ4n) is 3.03. The Bertz CT molecular complexity index is 973. The molecule has 3 aromatic rings. The van der Waals surface area contributed by atoms with Gasteiger partial charge in [0.15, 0.2) is 10.8 Å². The molecule has 0 spiro atoms. The highest BCUT2D eigenvalue weighted by atomic mass is 32.1. The lowest BCUT2D eigenvalue weighted by molar-refractivity contribution is 0.122. The number of hydrogen-bond donors (Lipinski definition) is 0. The maximum Gasteiger partial charge on any atom is 0.292 e. The third-order valence-electron chi connectivity index (χ3n) is 4.51. The van der Waals surface area contributed by atoms with Crippen molar-refractivity contribution in [2.24, 2.45) is 0 Å². The van der Waals surface area contributed by atoms with Crippen LogP contribution < -0.4 is 10.5 Å². The van der Waals surface area contributed by atoms with E-state index in [-0.39, 0.29) is 5.56 Å². The quantitative estimate of drug-likeness (QED) is 0.721. The second kappa shape index (κ2) is 6.57. The van der Waals surface area contributed by atoms with Crippen molar-refractivity contribution in [2.75, 3.05) is 31.2 Å². The standard InChI is InChI=1S/C18H20N4O2S/c1-12-3-4-13(2)14(9-12)10-22-11-19-17(23)15-16(22)20-18(25-15)21-5-7-24-8-6-21/h3-4,9,11H,5-8,10H2,1-2H3. The van der Waals surface area contributed by atoms with Crippen molar-refractivity contribution in [1.82, 2.24) is 14.5 Å². The summed E-state index contributed by atoms with van der Waals surface area (Å²) in [6.07, 6.45) is 1.61. The molecule has 0 aliphatic carbocycles. The first kappa shape index (κ1) is 16.2. The predicted octanol–water partition coefficient (Wildman–Crippen LogP) is 2.35. The molecule has 1 fully saturated rings. The predicted molar refractivity (Wildman–Crippen MR) is 99.7 cm³/mol. The zero-order valence-electron chi connectivity index (χ0n) is 14.4. The Balaban J connectivity index is 1.76. The molecular formula is C18H20N4O2S. The van der Waals surface area contributed by atoms with E-state index in [9.17, 15) is 4.79 Å². The van der Waals surface area contributed by atoms with E-state index in [0.717, 1.165) is 18.2 Å².